The van der Waals surface area contributed by atoms with Crippen LogP contribution in [0, 0.1) is 0 Å². The van der Waals surface area contributed by atoms with Gasteiger partial charge in [-0.25, -0.2) is 0 Å². The van der Waals surface area contributed by atoms with Crippen molar-refractivity contribution in [2.75, 3.05) is 0 Å². The van der Waals surface area contributed by atoms with E-state index in [2.05, 4.69) is 17.1 Å². The van der Waals surface area contributed by atoms with E-state index in [1.165, 1.54) is 25.0 Å². The molecule has 1 heterocycles. The van der Waals surface area contributed by atoms with Crippen LogP contribution in [0.2, 0.25) is 0 Å². The Morgan fingerprint density at radius 3 is 2.69 bits per heavy atom. The third kappa shape index (κ3) is 2.20. The van der Waals surface area contributed by atoms with E-state index in [1.54, 1.807) is 0 Å². The average molecular weight is 199 g/mol. The van der Waals surface area contributed by atoms with Gasteiger partial charge in [-0.3, -0.25) is 4.98 Å². The van der Waals surface area contributed by atoms with Crippen LogP contribution in [0.25, 0.3) is 0 Å². The lowest BCUT2D eigenvalue weighted by atomic mass is 9.82. The highest BCUT2D eigenvalue weighted by Gasteiger charge is 2.20. The summed E-state index contributed by atoms with van der Waals surface area (Å²) >= 11 is 0. The van der Waals surface area contributed by atoms with Crippen LogP contribution in [-0.4, -0.2) is 4.98 Å². The maximum atomic E-state index is 5.52. The maximum Gasteiger partial charge on any atom is 0.0542 e. The summed E-state index contributed by atoms with van der Waals surface area (Å²) in [6, 6.07) is 6.16. The third-order valence-electron chi connectivity index (χ3n) is 2.56. The molecule has 13 heavy (non-hydrogen) atoms. The van der Waals surface area contributed by atoms with E-state index in [0.717, 1.165) is 11.6 Å². The van der Waals surface area contributed by atoms with Gasteiger partial charge in [-0.1, -0.05) is 12.5 Å². The van der Waals surface area contributed by atoms with E-state index in [0.29, 0.717) is 6.54 Å². The molecule has 3 heteroatoms. The minimum atomic E-state index is 0. The summed E-state index contributed by atoms with van der Waals surface area (Å²) in [5, 5.41) is 0. The van der Waals surface area contributed by atoms with Crippen molar-refractivity contribution in [3.63, 3.8) is 0 Å². The molecule has 0 unspecified atom stereocenters. The predicted octanol–water partition coefficient (Wildman–Crippen LogP) is 2.23. The van der Waals surface area contributed by atoms with Gasteiger partial charge >= 0.3 is 0 Å². The van der Waals surface area contributed by atoms with Crippen molar-refractivity contribution in [3.05, 3.63) is 29.6 Å². The van der Waals surface area contributed by atoms with Crippen LogP contribution in [0.3, 0.4) is 0 Å². The fraction of sp³-hybridized carbons (Fsp3) is 0.500. The number of hydrogen-bond acceptors (Lipinski definition) is 2. The molecular weight excluding hydrogens is 184 g/mol. The number of aromatic nitrogens is 1. The van der Waals surface area contributed by atoms with Gasteiger partial charge in [0.25, 0.3) is 0 Å². The fourth-order valence-electron chi connectivity index (χ4n) is 1.54. The summed E-state index contributed by atoms with van der Waals surface area (Å²) in [5.74, 6) is 0.719. The first-order valence-electron chi connectivity index (χ1n) is 4.56. The molecule has 0 aromatic carbocycles. The van der Waals surface area contributed by atoms with Crippen molar-refractivity contribution in [1.82, 2.24) is 4.98 Å². The summed E-state index contributed by atoms with van der Waals surface area (Å²) in [6.07, 6.45) is 3.97. The highest BCUT2D eigenvalue weighted by Crippen LogP contribution is 2.34. The summed E-state index contributed by atoms with van der Waals surface area (Å²) in [4.78, 5) is 4.49. The SMILES string of the molecule is Cl.NCc1cccc(C2CCC2)n1. The Balaban J connectivity index is 0.000000845. The van der Waals surface area contributed by atoms with Gasteiger partial charge in [0.2, 0.25) is 0 Å². The highest BCUT2D eigenvalue weighted by atomic mass is 35.5. The second kappa shape index (κ2) is 4.58. The van der Waals surface area contributed by atoms with Gasteiger partial charge < -0.3 is 5.73 Å². The first kappa shape index (κ1) is 10.5. The van der Waals surface area contributed by atoms with Crippen LogP contribution in [0.5, 0.6) is 0 Å². The number of halogens is 1. The predicted molar refractivity (Wildman–Crippen MR) is 56.0 cm³/mol. The van der Waals surface area contributed by atoms with E-state index in [1.807, 2.05) is 6.07 Å². The second-order valence-electron chi connectivity index (χ2n) is 3.39. The Hall–Kier alpha value is -0.600. The van der Waals surface area contributed by atoms with Gasteiger partial charge in [-0.15, -0.1) is 12.4 Å². The minimum absolute atomic E-state index is 0. The first-order chi connectivity index (χ1) is 5.90. The van der Waals surface area contributed by atoms with Crippen molar-refractivity contribution < 1.29 is 0 Å². The molecule has 2 nitrogen and oxygen atoms in total. The molecular formula is C10H15ClN2. The highest BCUT2D eigenvalue weighted by molar-refractivity contribution is 5.85. The van der Waals surface area contributed by atoms with Gasteiger partial charge in [-0.2, -0.15) is 0 Å². The standard InChI is InChI=1S/C10H14N2.ClH/c11-7-9-5-2-6-10(12-9)8-3-1-4-8;/h2,5-6,8H,1,3-4,7,11H2;1H. The largest absolute Gasteiger partial charge is 0.325 e. The summed E-state index contributed by atoms with van der Waals surface area (Å²) < 4.78 is 0. The van der Waals surface area contributed by atoms with E-state index in [9.17, 15) is 0 Å². The molecule has 72 valence electrons. The molecule has 1 saturated carbocycles. The zero-order chi connectivity index (χ0) is 8.39. The van der Waals surface area contributed by atoms with Crippen LogP contribution in [0.15, 0.2) is 18.2 Å². The molecule has 0 spiro atoms. The Kier molecular flexibility index (Phi) is 3.70. The van der Waals surface area contributed by atoms with E-state index >= 15 is 0 Å². The maximum absolute atomic E-state index is 5.52. The van der Waals surface area contributed by atoms with Gasteiger partial charge in [0, 0.05) is 18.2 Å². The molecule has 1 aromatic rings. The van der Waals surface area contributed by atoms with Gasteiger partial charge in [0.1, 0.15) is 0 Å². The van der Waals surface area contributed by atoms with Crippen molar-refractivity contribution in [3.8, 4) is 0 Å². The van der Waals surface area contributed by atoms with Crippen LogP contribution in [0.4, 0.5) is 0 Å². The molecule has 0 radical (unpaired) electrons. The quantitative estimate of drug-likeness (QED) is 0.792. The molecule has 0 atom stereocenters. The van der Waals surface area contributed by atoms with Gasteiger partial charge in [0.15, 0.2) is 0 Å². The molecule has 2 rings (SSSR count). The first-order valence-corrected chi connectivity index (χ1v) is 4.56. The lowest BCUT2D eigenvalue weighted by Crippen LogP contribution is -2.12. The third-order valence-corrected chi connectivity index (χ3v) is 2.56. The van der Waals surface area contributed by atoms with Gasteiger partial charge in [-0.05, 0) is 25.0 Å². The second-order valence-corrected chi connectivity index (χ2v) is 3.39. The lowest BCUT2D eigenvalue weighted by Gasteiger charge is -2.24. The molecule has 0 bridgehead atoms. The summed E-state index contributed by atoms with van der Waals surface area (Å²) in [6.45, 7) is 0.556. The molecule has 1 fully saturated rings. The zero-order valence-corrected chi connectivity index (χ0v) is 8.39. The number of rotatable bonds is 2. The summed E-state index contributed by atoms with van der Waals surface area (Å²) in [5.41, 5.74) is 7.77. The van der Waals surface area contributed by atoms with Crippen molar-refractivity contribution >= 4 is 12.4 Å². The summed E-state index contributed by atoms with van der Waals surface area (Å²) in [7, 11) is 0. The van der Waals surface area contributed by atoms with Crippen molar-refractivity contribution in [2.45, 2.75) is 31.7 Å². The number of pyridine rings is 1. The monoisotopic (exact) mass is 198 g/mol. The van der Waals surface area contributed by atoms with Crippen molar-refractivity contribution in [2.24, 2.45) is 5.73 Å². The Bertz CT molecular complexity index is 271. The molecule has 0 amide bonds. The number of nitrogens with two attached hydrogens (primary N) is 1. The fourth-order valence-corrected chi connectivity index (χ4v) is 1.54. The molecule has 1 aliphatic carbocycles. The van der Waals surface area contributed by atoms with Crippen LogP contribution >= 0.6 is 12.4 Å². The van der Waals surface area contributed by atoms with E-state index in [4.69, 9.17) is 5.73 Å². The van der Waals surface area contributed by atoms with Gasteiger partial charge in [0.05, 0.1) is 5.69 Å². The molecule has 2 N–H and O–H groups in total. The lowest BCUT2D eigenvalue weighted by molar-refractivity contribution is 0.410. The van der Waals surface area contributed by atoms with E-state index < -0.39 is 0 Å². The zero-order valence-electron chi connectivity index (χ0n) is 7.57. The van der Waals surface area contributed by atoms with E-state index in [-0.39, 0.29) is 12.4 Å². The Morgan fingerprint density at radius 1 is 1.38 bits per heavy atom. The average Bonchev–Trinajstić information content (AvgIpc) is 2.02. The van der Waals surface area contributed by atoms with Crippen molar-refractivity contribution in [1.29, 1.82) is 0 Å². The Labute approximate surface area is 85.0 Å². The Morgan fingerprint density at radius 2 is 2.15 bits per heavy atom. The minimum Gasteiger partial charge on any atom is -0.325 e. The van der Waals surface area contributed by atoms with Crippen LogP contribution < -0.4 is 5.73 Å². The van der Waals surface area contributed by atoms with Crippen LogP contribution in [-0.2, 0) is 6.54 Å². The number of hydrogen-bond donors (Lipinski definition) is 1. The molecule has 0 saturated heterocycles. The number of nitrogens with zero attached hydrogens (tertiary/aromatic N) is 1. The molecule has 0 aliphatic heterocycles. The van der Waals surface area contributed by atoms with Crippen LogP contribution in [0.1, 0.15) is 36.6 Å². The normalized spacial score (nSPS) is 16.1. The molecule has 1 aliphatic rings. The smallest absolute Gasteiger partial charge is 0.0542 e. The topological polar surface area (TPSA) is 38.9 Å². The molecule has 1 aromatic heterocycles.